The topological polar surface area (TPSA) is 78.3 Å². The van der Waals surface area contributed by atoms with Crippen LogP contribution in [0.5, 0.6) is 0 Å². The Bertz CT molecular complexity index is 665. The lowest BCUT2D eigenvalue weighted by Crippen LogP contribution is -2.22. The molecule has 7 nitrogen and oxygen atoms in total. The molecule has 1 atom stereocenters. The van der Waals surface area contributed by atoms with Gasteiger partial charge >= 0.3 is 0 Å². The number of carbonyl (C=O) groups is 1. The lowest BCUT2D eigenvalue weighted by Gasteiger charge is -2.22. The Morgan fingerprint density at radius 2 is 1.93 bits per heavy atom. The zero-order valence-corrected chi connectivity index (χ0v) is 17.8. The average molecular weight is 391 g/mol. The van der Waals surface area contributed by atoms with Gasteiger partial charge in [-0.15, -0.1) is 5.10 Å². The molecule has 28 heavy (non-hydrogen) atoms. The van der Waals surface area contributed by atoms with Crippen molar-refractivity contribution in [3.63, 3.8) is 0 Å². The normalized spacial score (nSPS) is 15.5. The third kappa shape index (κ3) is 8.19. The quantitative estimate of drug-likeness (QED) is 0.807. The van der Waals surface area contributed by atoms with E-state index in [1.807, 2.05) is 58.2 Å². The second kappa shape index (κ2) is 13.8. The molecule has 2 heterocycles. The van der Waals surface area contributed by atoms with Crippen molar-refractivity contribution in [3.05, 3.63) is 41.7 Å². The summed E-state index contributed by atoms with van der Waals surface area (Å²) in [5, 5.41) is 11.0. The molecule has 1 aromatic heterocycles. The van der Waals surface area contributed by atoms with E-state index in [9.17, 15) is 4.79 Å². The Kier molecular flexibility index (Phi) is 11.8. The summed E-state index contributed by atoms with van der Waals surface area (Å²) in [6.45, 7) is 11.2. The zero-order chi connectivity index (χ0) is 20.8. The largest absolute Gasteiger partial charge is 0.353 e. The molecule has 1 unspecified atom stereocenters. The molecule has 1 aromatic carbocycles. The van der Waals surface area contributed by atoms with Crippen molar-refractivity contribution in [3.8, 4) is 5.69 Å². The molecule has 1 aliphatic heterocycles. The fraction of sp³-hybridized carbons (Fsp3) is 0.571. The number of rotatable bonds is 6. The lowest BCUT2D eigenvalue weighted by atomic mass is 10.2. The summed E-state index contributed by atoms with van der Waals surface area (Å²) in [6.07, 6.45) is 4.91. The van der Waals surface area contributed by atoms with Crippen molar-refractivity contribution in [1.29, 1.82) is 0 Å². The van der Waals surface area contributed by atoms with E-state index in [2.05, 4.69) is 15.6 Å². The number of hydrogen-bond donors (Lipinski definition) is 1. The number of amides is 1. The Labute approximate surface area is 168 Å². The van der Waals surface area contributed by atoms with E-state index in [0.29, 0.717) is 13.2 Å². The molecule has 156 valence electrons. The van der Waals surface area contributed by atoms with Crippen LogP contribution >= 0.6 is 0 Å². The van der Waals surface area contributed by atoms with Crippen LogP contribution in [0, 0.1) is 0 Å². The van der Waals surface area contributed by atoms with Crippen molar-refractivity contribution in [2.75, 3.05) is 6.61 Å². The van der Waals surface area contributed by atoms with E-state index in [1.165, 1.54) is 6.92 Å². The highest BCUT2D eigenvalue weighted by Gasteiger charge is 2.15. The van der Waals surface area contributed by atoms with Gasteiger partial charge in [-0.05, 0) is 37.0 Å². The number of hydrogen-bond acceptors (Lipinski definition) is 5. The maximum Gasteiger partial charge on any atom is 0.217 e. The molecular formula is C21H34N4O3. The summed E-state index contributed by atoms with van der Waals surface area (Å²) in [6, 6.07) is 7.80. The number of ether oxygens (including phenoxy) is 2. The summed E-state index contributed by atoms with van der Waals surface area (Å²) >= 11 is 0. The van der Waals surface area contributed by atoms with Crippen LogP contribution in [0.1, 0.15) is 65.1 Å². The van der Waals surface area contributed by atoms with E-state index >= 15 is 0 Å². The molecule has 2 aromatic rings. The lowest BCUT2D eigenvalue weighted by molar-refractivity contribution is -0.169. The Balaban J connectivity index is 0.000000921. The molecular weight excluding hydrogens is 356 g/mol. The highest BCUT2D eigenvalue weighted by molar-refractivity contribution is 5.72. The molecule has 0 bridgehead atoms. The number of aromatic nitrogens is 3. The van der Waals surface area contributed by atoms with Crippen molar-refractivity contribution in [2.24, 2.45) is 0 Å². The van der Waals surface area contributed by atoms with Crippen LogP contribution in [0.15, 0.2) is 30.5 Å². The molecule has 0 radical (unpaired) electrons. The third-order valence-corrected chi connectivity index (χ3v) is 3.84. The predicted octanol–water partition coefficient (Wildman–Crippen LogP) is 4.00. The number of nitrogens with zero attached hydrogens (tertiary/aromatic N) is 3. The second-order valence-electron chi connectivity index (χ2n) is 5.84. The van der Waals surface area contributed by atoms with Gasteiger partial charge in [-0.25, -0.2) is 4.68 Å². The second-order valence-corrected chi connectivity index (χ2v) is 5.84. The van der Waals surface area contributed by atoms with Gasteiger partial charge in [0.1, 0.15) is 5.69 Å². The molecule has 7 heteroatoms. The van der Waals surface area contributed by atoms with Crippen LogP contribution in [0.3, 0.4) is 0 Å². The van der Waals surface area contributed by atoms with Gasteiger partial charge in [-0.2, -0.15) is 0 Å². The third-order valence-electron chi connectivity index (χ3n) is 3.84. The molecule has 1 N–H and O–H groups in total. The van der Waals surface area contributed by atoms with Gasteiger partial charge in [0.2, 0.25) is 5.91 Å². The van der Waals surface area contributed by atoms with Gasteiger partial charge < -0.3 is 14.8 Å². The summed E-state index contributed by atoms with van der Waals surface area (Å²) in [4.78, 5) is 10.9. The Hall–Kier alpha value is -2.25. The zero-order valence-electron chi connectivity index (χ0n) is 17.8. The molecule has 1 saturated heterocycles. The molecule has 0 aliphatic carbocycles. The predicted molar refractivity (Wildman–Crippen MR) is 110 cm³/mol. The number of nitrogens with one attached hydrogen (secondary N) is 1. The maximum atomic E-state index is 10.9. The summed E-state index contributed by atoms with van der Waals surface area (Å²) in [5.41, 5.74) is 2.72. The van der Waals surface area contributed by atoms with E-state index in [1.54, 1.807) is 4.68 Å². The SMILES string of the molecule is CC.CC.CC(=O)NCc1ccc(-n2cc(COC3CCCCO3)nn2)cc1. The van der Waals surface area contributed by atoms with Crippen LogP contribution in [0.2, 0.25) is 0 Å². The minimum absolute atomic E-state index is 0.0399. The van der Waals surface area contributed by atoms with Crippen LogP contribution in [-0.2, 0) is 27.4 Å². The summed E-state index contributed by atoms with van der Waals surface area (Å²) in [7, 11) is 0. The van der Waals surface area contributed by atoms with Gasteiger partial charge in [0, 0.05) is 20.1 Å². The number of carbonyl (C=O) groups excluding carboxylic acids is 1. The molecule has 1 amide bonds. The van der Waals surface area contributed by atoms with Crippen molar-refractivity contribution >= 4 is 5.91 Å². The van der Waals surface area contributed by atoms with E-state index < -0.39 is 0 Å². The average Bonchev–Trinajstić information content (AvgIpc) is 3.24. The maximum absolute atomic E-state index is 10.9. The Morgan fingerprint density at radius 1 is 1.21 bits per heavy atom. The number of benzene rings is 1. The fourth-order valence-electron chi connectivity index (χ4n) is 2.50. The van der Waals surface area contributed by atoms with Crippen LogP contribution in [-0.4, -0.2) is 33.8 Å². The van der Waals surface area contributed by atoms with Crippen LogP contribution in [0.25, 0.3) is 5.69 Å². The smallest absolute Gasteiger partial charge is 0.217 e. The molecule has 3 rings (SSSR count). The minimum Gasteiger partial charge on any atom is -0.353 e. The highest BCUT2D eigenvalue weighted by atomic mass is 16.7. The summed E-state index contributed by atoms with van der Waals surface area (Å²) < 4.78 is 13.0. The molecule has 0 saturated carbocycles. The fourth-order valence-corrected chi connectivity index (χ4v) is 2.50. The van der Waals surface area contributed by atoms with E-state index in [-0.39, 0.29) is 12.2 Å². The van der Waals surface area contributed by atoms with Crippen molar-refractivity contribution < 1.29 is 14.3 Å². The monoisotopic (exact) mass is 390 g/mol. The van der Waals surface area contributed by atoms with Gasteiger partial charge in [0.15, 0.2) is 6.29 Å². The van der Waals surface area contributed by atoms with Crippen molar-refractivity contribution in [1.82, 2.24) is 20.3 Å². The van der Waals surface area contributed by atoms with Gasteiger partial charge in [0.05, 0.1) is 18.5 Å². The van der Waals surface area contributed by atoms with Crippen LogP contribution in [0.4, 0.5) is 0 Å². The first kappa shape index (κ1) is 23.8. The molecule has 1 fully saturated rings. The van der Waals surface area contributed by atoms with E-state index in [4.69, 9.17) is 9.47 Å². The molecule has 1 aliphatic rings. The van der Waals surface area contributed by atoms with Gasteiger partial charge in [0.25, 0.3) is 0 Å². The molecule has 0 spiro atoms. The first-order chi connectivity index (χ1) is 13.7. The highest BCUT2D eigenvalue weighted by Crippen LogP contribution is 2.15. The van der Waals surface area contributed by atoms with E-state index in [0.717, 1.165) is 42.8 Å². The van der Waals surface area contributed by atoms with Gasteiger partial charge in [-0.3, -0.25) is 4.79 Å². The standard InChI is InChI=1S/C17H22N4O3.2C2H6/c1-13(22)18-10-14-5-7-16(8-6-14)21-11-15(19-20-21)12-24-17-4-2-3-9-23-17;2*1-2/h5-8,11,17H,2-4,9-10,12H2,1H3,(H,18,22);2*1-2H3. The van der Waals surface area contributed by atoms with Crippen molar-refractivity contribution in [2.45, 2.75) is 73.3 Å². The summed E-state index contributed by atoms with van der Waals surface area (Å²) in [5.74, 6) is -0.0399. The first-order valence-electron chi connectivity index (χ1n) is 10.2. The van der Waals surface area contributed by atoms with Crippen LogP contribution < -0.4 is 5.32 Å². The Morgan fingerprint density at radius 3 is 2.54 bits per heavy atom. The first-order valence-corrected chi connectivity index (χ1v) is 10.2. The van der Waals surface area contributed by atoms with Gasteiger partial charge in [-0.1, -0.05) is 45.0 Å². The minimum atomic E-state index is -0.128.